The van der Waals surface area contributed by atoms with Crippen LogP contribution in [0.5, 0.6) is 5.88 Å². The van der Waals surface area contributed by atoms with Crippen LogP contribution in [-0.4, -0.2) is 73.2 Å². The fraction of sp³-hybridized carbons (Fsp3) is 0.722. The van der Waals surface area contributed by atoms with Gasteiger partial charge in [0.15, 0.2) is 5.82 Å². The molecule has 144 valence electrons. The molecule has 1 aromatic heterocycles. The van der Waals surface area contributed by atoms with Crippen LogP contribution in [0, 0.1) is 5.92 Å². The van der Waals surface area contributed by atoms with Crippen LogP contribution in [-0.2, 0) is 4.74 Å². The van der Waals surface area contributed by atoms with Crippen molar-refractivity contribution in [2.75, 3.05) is 50.8 Å². The first kappa shape index (κ1) is 18.7. The van der Waals surface area contributed by atoms with Crippen LogP contribution in [0.1, 0.15) is 26.7 Å². The molecule has 2 aliphatic heterocycles. The normalized spacial score (nSPS) is 18.9. The van der Waals surface area contributed by atoms with Gasteiger partial charge in [-0.25, -0.2) is 4.79 Å². The van der Waals surface area contributed by atoms with E-state index in [2.05, 4.69) is 20.4 Å². The van der Waals surface area contributed by atoms with E-state index in [-0.39, 0.29) is 12.2 Å². The van der Waals surface area contributed by atoms with Crippen LogP contribution < -0.4 is 15.0 Å². The molecule has 26 heavy (non-hydrogen) atoms. The molecule has 2 aliphatic rings. The molecule has 0 unspecified atom stereocenters. The van der Waals surface area contributed by atoms with Crippen LogP contribution in [0.3, 0.4) is 0 Å². The van der Waals surface area contributed by atoms with E-state index in [4.69, 9.17) is 9.47 Å². The maximum absolute atomic E-state index is 11.9. The number of anilines is 1. The molecule has 3 rings (SSSR count). The number of amides is 1. The molecule has 1 N–H and O–H groups in total. The van der Waals surface area contributed by atoms with Gasteiger partial charge >= 0.3 is 6.09 Å². The number of nitrogens with one attached hydrogen (secondary N) is 1. The highest BCUT2D eigenvalue weighted by atomic mass is 16.6. The maximum atomic E-state index is 11.9. The number of carbonyl (C=O) groups excluding carboxylic acids is 1. The van der Waals surface area contributed by atoms with Crippen molar-refractivity contribution in [3.8, 4) is 5.88 Å². The van der Waals surface area contributed by atoms with Crippen LogP contribution in [0.15, 0.2) is 12.1 Å². The van der Waals surface area contributed by atoms with E-state index in [0.29, 0.717) is 31.5 Å². The number of rotatable bonds is 5. The van der Waals surface area contributed by atoms with Gasteiger partial charge in [-0.2, -0.15) is 0 Å². The van der Waals surface area contributed by atoms with Gasteiger partial charge in [-0.3, -0.25) is 0 Å². The Morgan fingerprint density at radius 1 is 1.19 bits per heavy atom. The average molecular weight is 363 g/mol. The third-order valence-corrected chi connectivity index (χ3v) is 4.74. The van der Waals surface area contributed by atoms with Crippen LogP contribution in [0.25, 0.3) is 0 Å². The summed E-state index contributed by atoms with van der Waals surface area (Å²) in [4.78, 5) is 15.9. The van der Waals surface area contributed by atoms with E-state index in [1.165, 1.54) is 0 Å². The summed E-state index contributed by atoms with van der Waals surface area (Å²) in [6, 6.07) is 3.86. The van der Waals surface area contributed by atoms with Crippen molar-refractivity contribution in [2.45, 2.75) is 32.8 Å². The Hall–Kier alpha value is -2.09. The number of carbonyl (C=O) groups is 1. The molecule has 1 amide bonds. The standard InChI is InChI=1S/C18H29N5O3/c1-14(2)26-18(24)23-9-5-15(6-10-23)13-25-17-4-3-16(20-21-17)22-11-7-19-8-12-22/h3-4,14-15,19H,5-13H2,1-2H3. The lowest BCUT2D eigenvalue weighted by Gasteiger charge is -2.31. The van der Waals surface area contributed by atoms with Crippen molar-refractivity contribution in [3.05, 3.63) is 12.1 Å². The number of piperazine rings is 1. The molecular formula is C18H29N5O3. The van der Waals surface area contributed by atoms with Gasteiger partial charge in [-0.05, 0) is 38.7 Å². The second-order valence-corrected chi connectivity index (χ2v) is 7.14. The van der Waals surface area contributed by atoms with Crippen LogP contribution in [0.4, 0.5) is 10.6 Å². The van der Waals surface area contributed by atoms with Crippen LogP contribution >= 0.6 is 0 Å². The minimum absolute atomic E-state index is 0.0775. The smallest absolute Gasteiger partial charge is 0.410 e. The Balaban J connectivity index is 1.40. The fourth-order valence-corrected chi connectivity index (χ4v) is 3.21. The van der Waals surface area contributed by atoms with Gasteiger partial charge in [0.25, 0.3) is 0 Å². The molecule has 0 aromatic carbocycles. The van der Waals surface area contributed by atoms with Gasteiger partial charge in [0.2, 0.25) is 5.88 Å². The van der Waals surface area contributed by atoms with Crippen molar-refractivity contribution in [3.63, 3.8) is 0 Å². The largest absolute Gasteiger partial charge is 0.476 e. The van der Waals surface area contributed by atoms with Crippen molar-refractivity contribution in [2.24, 2.45) is 5.92 Å². The summed E-state index contributed by atoms with van der Waals surface area (Å²) < 4.78 is 11.1. The molecule has 1 aromatic rings. The molecule has 0 saturated carbocycles. The first-order chi connectivity index (χ1) is 12.6. The summed E-state index contributed by atoms with van der Waals surface area (Å²) in [6.45, 7) is 9.63. The SMILES string of the molecule is CC(C)OC(=O)N1CCC(COc2ccc(N3CCNCC3)nn2)CC1. The Labute approximate surface area is 154 Å². The first-order valence-corrected chi connectivity index (χ1v) is 9.49. The zero-order valence-electron chi connectivity index (χ0n) is 15.7. The first-order valence-electron chi connectivity index (χ1n) is 9.49. The summed E-state index contributed by atoms with van der Waals surface area (Å²) in [6.07, 6.45) is 1.54. The highest BCUT2D eigenvalue weighted by Crippen LogP contribution is 2.20. The summed E-state index contributed by atoms with van der Waals surface area (Å²) in [7, 11) is 0. The van der Waals surface area contributed by atoms with Crippen molar-refractivity contribution < 1.29 is 14.3 Å². The second kappa shape index (κ2) is 9.02. The molecule has 2 fully saturated rings. The predicted octanol–water partition coefficient (Wildman–Crippen LogP) is 1.52. The summed E-state index contributed by atoms with van der Waals surface area (Å²) in [5.41, 5.74) is 0. The molecular weight excluding hydrogens is 334 g/mol. The summed E-state index contributed by atoms with van der Waals surface area (Å²) >= 11 is 0. The fourth-order valence-electron chi connectivity index (χ4n) is 3.21. The van der Waals surface area contributed by atoms with E-state index in [1.807, 2.05) is 26.0 Å². The maximum Gasteiger partial charge on any atom is 0.410 e. The highest BCUT2D eigenvalue weighted by molar-refractivity contribution is 5.67. The number of piperidine rings is 1. The summed E-state index contributed by atoms with van der Waals surface area (Å²) in [5, 5.41) is 11.8. The predicted molar refractivity (Wildman–Crippen MR) is 98.5 cm³/mol. The molecule has 0 aliphatic carbocycles. The van der Waals surface area contributed by atoms with E-state index in [0.717, 1.165) is 44.8 Å². The third kappa shape index (κ3) is 5.20. The van der Waals surface area contributed by atoms with Crippen molar-refractivity contribution >= 4 is 11.9 Å². The number of hydrogen-bond donors (Lipinski definition) is 1. The second-order valence-electron chi connectivity index (χ2n) is 7.14. The summed E-state index contributed by atoms with van der Waals surface area (Å²) in [5.74, 6) is 1.88. The monoisotopic (exact) mass is 363 g/mol. The topological polar surface area (TPSA) is 79.8 Å². The van der Waals surface area contributed by atoms with Crippen LogP contribution in [0.2, 0.25) is 0 Å². The Morgan fingerprint density at radius 3 is 2.54 bits per heavy atom. The van der Waals surface area contributed by atoms with E-state index in [1.54, 1.807) is 4.90 Å². The molecule has 0 atom stereocenters. The lowest BCUT2D eigenvalue weighted by molar-refractivity contribution is 0.0605. The average Bonchev–Trinajstić information content (AvgIpc) is 2.67. The third-order valence-electron chi connectivity index (χ3n) is 4.74. The van der Waals surface area contributed by atoms with Gasteiger partial charge < -0.3 is 24.6 Å². The Bertz CT molecular complexity index is 567. The van der Waals surface area contributed by atoms with Gasteiger partial charge in [0.05, 0.1) is 12.7 Å². The minimum Gasteiger partial charge on any atom is -0.476 e. The van der Waals surface area contributed by atoms with E-state index >= 15 is 0 Å². The number of hydrogen-bond acceptors (Lipinski definition) is 7. The van der Waals surface area contributed by atoms with Gasteiger partial charge in [-0.1, -0.05) is 0 Å². The molecule has 0 bridgehead atoms. The quantitative estimate of drug-likeness (QED) is 0.849. The van der Waals surface area contributed by atoms with E-state index in [9.17, 15) is 4.79 Å². The number of aromatic nitrogens is 2. The molecule has 8 heteroatoms. The number of ether oxygens (including phenoxy) is 2. The lowest BCUT2D eigenvalue weighted by atomic mass is 9.98. The zero-order valence-corrected chi connectivity index (χ0v) is 15.7. The number of likely N-dealkylation sites (tertiary alicyclic amines) is 1. The molecule has 8 nitrogen and oxygen atoms in total. The van der Waals surface area contributed by atoms with E-state index < -0.39 is 0 Å². The zero-order chi connectivity index (χ0) is 18.4. The molecule has 2 saturated heterocycles. The van der Waals surface area contributed by atoms with Crippen molar-refractivity contribution in [1.82, 2.24) is 20.4 Å². The van der Waals surface area contributed by atoms with Gasteiger partial charge in [0.1, 0.15) is 0 Å². The van der Waals surface area contributed by atoms with Gasteiger partial charge in [0, 0.05) is 45.3 Å². The molecule has 3 heterocycles. The molecule has 0 spiro atoms. The molecule has 0 radical (unpaired) electrons. The number of nitrogens with zero attached hydrogens (tertiary/aromatic N) is 4. The van der Waals surface area contributed by atoms with Crippen molar-refractivity contribution in [1.29, 1.82) is 0 Å². The Morgan fingerprint density at radius 2 is 1.92 bits per heavy atom. The minimum atomic E-state index is -0.214. The Kier molecular flexibility index (Phi) is 6.49. The van der Waals surface area contributed by atoms with Gasteiger partial charge in [-0.15, -0.1) is 10.2 Å². The highest BCUT2D eigenvalue weighted by Gasteiger charge is 2.24. The lowest BCUT2D eigenvalue weighted by Crippen LogP contribution is -2.43.